The highest BCUT2D eigenvalue weighted by Crippen LogP contribution is 2.33. The minimum atomic E-state index is 0.0626. The maximum absolute atomic E-state index is 11.3. The van der Waals surface area contributed by atoms with Crippen LogP contribution in [0.5, 0.6) is 0 Å². The molecule has 2 aliphatic heterocycles. The number of nitrogens with zero attached hydrogens (tertiary/aromatic N) is 4. The number of anilines is 1. The van der Waals surface area contributed by atoms with E-state index in [4.69, 9.17) is 4.84 Å². The summed E-state index contributed by atoms with van der Waals surface area (Å²) in [6.07, 6.45) is 2.40. The maximum Gasteiger partial charge on any atom is 0.130 e. The third-order valence-corrected chi connectivity index (χ3v) is 7.45. The number of aldehydes is 1. The van der Waals surface area contributed by atoms with Crippen molar-refractivity contribution in [2.45, 2.75) is 53.1 Å². The third kappa shape index (κ3) is 5.60. The molecule has 0 amide bonds. The highest BCUT2D eigenvalue weighted by molar-refractivity contribution is 6.00. The zero-order chi connectivity index (χ0) is 24.9. The smallest absolute Gasteiger partial charge is 0.130 e. The van der Waals surface area contributed by atoms with Gasteiger partial charge in [-0.3, -0.25) is 19.8 Å². The lowest BCUT2D eigenvalue weighted by Crippen LogP contribution is -2.48. The van der Waals surface area contributed by atoms with E-state index in [1.54, 1.807) is 0 Å². The number of carbonyl (C=O) groups is 1. The predicted octanol–water partition coefficient (Wildman–Crippen LogP) is 4.41. The van der Waals surface area contributed by atoms with Gasteiger partial charge in [-0.25, -0.2) is 0 Å². The van der Waals surface area contributed by atoms with Crippen LogP contribution < -0.4 is 5.06 Å². The fraction of sp³-hybridized carbons (Fsp3) is 0.517. The second-order valence-corrected chi connectivity index (χ2v) is 10.2. The van der Waals surface area contributed by atoms with Crippen molar-refractivity contribution >= 4 is 17.8 Å². The summed E-state index contributed by atoms with van der Waals surface area (Å²) < 4.78 is 0. The van der Waals surface area contributed by atoms with Gasteiger partial charge in [0.15, 0.2) is 0 Å². The average molecular weight is 477 g/mol. The molecule has 6 nitrogen and oxygen atoms in total. The van der Waals surface area contributed by atoms with E-state index in [1.165, 1.54) is 27.8 Å². The van der Waals surface area contributed by atoms with Crippen molar-refractivity contribution in [2.75, 3.05) is 44.9 Å². The predicted molar refractivity (Wildman–Crippen MR) is 143 cm³/mol. The second kappa shape index (κ2) is 11.4. The van der Waals surface area contributed by atoms with Gasteiger partial charge in [0.2, 0.25) is 0 Å². The van der Waals surface area contributed by atoms with Crippen molar-refractivity contribution in [1.82, 2.24) is 9.80 Å². The molecule has 2 aromatic rings. The second-order valence-electron chi connectivity index (χ2n) is 10.2. The van der Waals surface area contributed by atoms with Crippen LogP contribution in [0.2, 0.25) is 0 Å². The first-order chi connectivity index (χ1) is 16.9. The number of fused-ring (bicyclic) bond motifs is 1. The molecule has 2 aliphatic rings. The van der Waals surface area contributed by atoms with Gasteiger partial charge >= 0.3 is 0 Å². The van der Waals surface area contributed by atoms with E-state index in [1.807, 2.05) is 12.1 Å². The molecule has 1 atom stereocenters. The molecular formula is C29H40N4O2. The van der Waals surface area contributed by atoms with Gasteiger partial charge in [-0.15, -0.1) is 0 Å². The molecule has 0 spiro atoms. The van der Waals surface area contributed by atoms with Crippen LogP contribution in [0, 0.1) is 19.8 Å². The molecule has 0 aliphatic carbocycles. The summed E-state index contributed by atoms with van der Waals surface area (Å²) in [4.78, 5) is 27.0. The van der Waals surface area contributed by atoms with E-state index >= 15 is 0 Å². The number of hydroxylamine groups is 1. The Labute approximate surface area is 210 Å². The Bertz CT molecular complexity index is 1060. The van der Waals surface area contributed by atoms with E-state index in [9.17, 15) is 4.79 Å². The zero-order valence-electron chi connectivity index (χ0n) is 22.0. The minimum absolute atomic E-state index is 0.0626. The minimum Gasteiger partial charge on any atom is -0.354 e. The van der Waals surface area contributed by atoms with Gasteiger partial charge in [-0.05, 0) is 48.1 Å². The normalized spacial score (nSPS) is 18.1. The molecule has 2 aromatic carbocycles. The zero-order valence-corrected chi connectivity index (χ0v) is 22.0. The van der Waals surface area contributed by atoms with E-state index in [0.29, 0.717) is 18.9 Å². The monoisotopic (exact) mass is 476 g/mol. The first kappa shape index (κ1) is 25.4. The van der Waals surface area contributed by atoms with Crippen molar-refractivity contribution in [3.63, 3.8) is 0 Å². The summed E-state index contributed by atoms with van der Waals surface area (Å²) in [6.45, 7) is 14.3. The molecule has 0 aromatic heterocycles. The van der Waals surface area contributed by atoms with Crippen LogP contribution in [0.4, 0.5) is 5.69 Å². The van der Waals surface area contributed by atoms with Crippen LogP contribution in [-0.4, -0.2) is 67.8 Å². The van der Waals surface area contributed by atoms with E-state index in [0.717, 1.165) is 57.0 Å². The van der Waals surface area contributed by atoms with Crippen molar-refractivity contribution in [3.05, 3.63) is 64.2 Å². The molecular weight excluding hydrogens is 436 g/mol. The summed E-state index contributed by atoms with van der Waals surface area (Å²) in [5.41, 5.74) is 7.63. The Kier molecular flexibility index (Phi) is 8.24. The number of hydrogen-bond acceptors (Lipinski definition) is 5. The van der Waals surface area contributed by atoms with Crippen LogP contribution in [0.15, 0.2) is 41.4 Å². The number of carbonyl (C=O) groups excluding carboxylic acids is 1. The number of benzene rings is 2. The van der Waals surface area contributed by atoms with E-state index < -0.39 is 0 Å². The number of hydrogen-bond donors (Lipinski definition) is 0. The Hall–Kier alpha value is -2.70. The number of piperazine rings is 1. The van der Waals surface area contributed by atoms with Gasteiger partial charge in [0.25, 0.3) is 0 Å². The van der Waals surface area contributed by atoms with E-state index in [2.05, 4.69) is 78.9 Å². The standard InChI is InChI=1S/C29H40N4O2/c1-21(2)27(10-16-34)33-28-18-23(4)25(19-24(28)11-17-35-33)20-31-12-14-32(15-13-31)29(30-5)26-9-7-6-8-22(26)3/h6-9,16,18-19,21,27H,10-15,17,20H2,1-5H3. The van der Waals surface area contributed by atoms with Crippen LogP contribution in [0.25, 0.3) is 0 Å². The lowest BCUT2D eigenvalue weighted by Gasteiger charge is -2.39. The first-order valence-electron chi connectivity index (χ1n) is 12.9. The molecule has 4 rings (SSSR count). The van der Waals surface area contributed by atoms with Crippen molar-refractivity contribution < 1.29 is 9.63 Å². The first-order valence-corrected chi connectivity index (χ1v) is 12.9. The average Bonchev–Trinajstić information content (AvgIpc) is 2.85. The fourth-order valence-electron chi connectivity index (χ4n) is 5.31. The van der Waals surface area contributed by atoms with Crippen molar-refractivity contribution in [3.8, 4) is 0 Å². The molecule has 0 saturated carbocycles. The molecule has 6 heteroatoms. The molecule has 35 heavy (non-hydrogen) atoms. The van der Waals surface area contributed by atoms with Gasteiger partial charge in [0, 0.05) is 58.2 Å². The van der Waals surface area contributed by atoms with Gasteiger partial charge < -0.3 is 9.69 Å². The van der Waals surface area contributed by atoms with Gasteiger partial charge in [0.05, 0.1) is 18.3 Å². The maximum atomic E-state index is 11.3. The van der Waals surface area contributed by atoms with Crippen LogP contribution >= 0.6 is 0 Å². The quantitative estimate of drug-likeness (QED) is 0.337. The molecule has 2 heterocycles. The van der Waals surface area contributed by atoms with Crippen molar-refractivity contribution in [2.24, 2.45) is 10.9 Å². The molecule has 0 bridgehead atoms. The summed E-state index contributed by atoms with van der Waals surface area (Å²) in [5.74, 6) is 1.43. The summed E-state index contributed by atoms with van der Waals surface area (Å²) in [6, 6.07) is 13.2. The Balaban J connectivity index is 1.45. The highest BCUT2D eigenvalue weighted by Gasteiger charge is 2.29. The number of aryl methyl sites for hydroxylation is 2. The van der Waals surface area contributed by atoms with Crippen LogP contribution in [0.1, 0.15) is 48.1 Å². The van der Waals surface area contributed by atoms with Crippen LogP contribution in [-0.2, 0) is 22.6 Å². The summed E-state index contributed by atoms with van der Waals surface area (Å²) in [7, 11) is 1.90. The molecule has 0 N–H and O–H groups in total. The van der Waals surface area contributed by atoms with Gasteiger partial charge in [0.1, 0.15) is 12.1 Å². The topological polar surface area (TPSA) is 48.4 Å². The lowest BCUT2D eigenvalue weighted by molar-refractivity contribution is -0.108. The fourth-order valence-corrected chi connectivity index (χ4v) is 5.31. The molecule has 0 radical (unpaired) electrons. The van der Waals surface area contributed by atoms with Crippen LogP contribution in [0.3, 0.4) is 0 Å². The number of rotatable bonds is 7. The molecule has 188 valence electrons. The SMILES string of the molecule is CN=C(c1ccccc1C)N1CCN(Cc2cc3c(cc2C)N(C(CC=O)C(C)C)OCC3)CC1. The largest absolute Gasteiger partial charge is 0.354 e. The molecule has 1 saturated heterocycles. The highest BCUT2D eigenvalue weighted by atomic mass is 16.7. The number of amidine groups is 1. The number of aliphatic imine (C=N–C) groups is 1. The molecule has 1 fully saturated rings. The van der Waals surface area contributed by atoms with Gasteiger partial charge in [-0.1, -0.05) is 44.2 Å². The lowest BCUT2D eigenvalue weighted by atomic mass is 9.96. The van der Waals surface area contributed by atoms with Gasteiger partial charge in [-0.2, -0.15) is 0 Å². The Morgan fingerprint density at radius 2 is 1.83 bits per heavy atom. The molecule has 1 unspecified atom stereocenters. The summed E-state index contributed by atoms with van der Waals surface area (Å²) >= 11 is 0. The third-order valence-electron chi connectivity index (χ3n) is 7.45. The Morgan fingerprint density at radius 1 is 1.09 bits per heavy atom. The van der Waals surface area contributed by atoms with Crippen molar-refractivity contribution in [1.29, 1.82) is 0 Å². The Morgan fingerprint density at radius 3 is 2.49 bits per heavy atom. The summed E-state index contributed by atoms with van der Waals surface area (Å²) in [5, 5.41) is 2.00. The van der Waals surface area contributed by atoms with E-state index in [-0.39, 0.29) is 6.04 Å².